The molecule has 0 saturated carbocycles. The Labute approximate surface area is 163 Å². The number of nitrogens with one attached hydrogen (secondary N) is 3. The molecule has 2 heterocycles. The number of carbonyl (C=O) groups is 2. The van der Waals surface area contributed by atoms with Crippen molar-refractivity contribution in [1.29, 1.82) is 0 Å². The third-order valence-corrected chi connectivity index (χ3v) is 4.40. The van der Waals surface area contributed by atoms with Crippen molar-refractivity contribution in [1.82, 2.24) is 20.1 Å². The van der Waals surface area contributed by atoms with Crippen LogP contribution < -0.4 is 16.0 Å². The van der Waals surface area contributed by atoms with Gasteiger partial charge in [0.1, 0.15) is 6.04 Å². The van der Waals surface area contributed by atoms with Gasteiger partial charge in [0.2, 0.25) is 5.91 Å². The highest BCUT2D eigenvalue weighted by molar-refractivity contribution is 6.00. The first-order valence-electron chi connectivity index (χ1n) is 9.08. The second-order valence-electron chi connectivity index (χ2n) is 6.98. The predicted molar refractivity (Wildman–Crippen MR) is 109 cm³/mol. The number of aromatic nitrogens is 3. The average Bonchev–Trinajstić information content (AvgIpc) is 2.94. The van der Waals surface area contributed by atoms with Gasteiger partial charge in [-0.2, -0.15) is 5.10 Å². The van der Waals surface area contributed by atoms with Crippen LogP contribution in [-0.2, 0) is 11.8 Å². The molecular weight excluding hydrogens is 356 g/mol. The standard InChI is InChI=1S/C20H24N6O2/c1-12(2)17(24-20(28)23-14-8-6-5-7-9-14)19(27)22-15-10-16-13(3)25-26(4)18(16)21-11-15/h5-12,17H,1-4H3,(H,22,27)(H2,23,24,28). The summed E-state index contributed by atoms with van der Waals surface area (Å²) in [5, 5.41) is 13.5. The zero-order valence-corrected chi connectivity index (χ0v) is 16.4. The van der Waals surface area contributed by atoms with Crippen molar-refractivity contribution >= 4 is 34.3 Å². The van der Waals surface area contributed by atoms with Crippen LogP contribution in [0.3, 0.4) is 0 Å². The fourth-order valence-corrected chi connectivity index (χ4v) is 2.96. The number of carbonyl (C=O) groups excluding carboxylic acids is 2. The molecule has 2 aromatic heterocycles. The van der Waals surface area contributed by atoms with Crippen molar-refractivity contribution in [2.75, 3.05) is 10.6 Å². The summed E-state index contributed by atoms with van der Waals surface area (Å²) in [6, 6.07) is 9.78. The topological polar surface area (TPSA) is 101 Å². The number of urea groups is 1. The van der Waals surface area contributed by atoms with Crippen LogP contribution in [0.25, 0.3) is 11.0 Å². The Kier molecular flexibility index (Phi) is 5.58. The lowest BCUT2D eigenvalue weighted by Crippen LogP contribution is -2.48. The Morgan fingerprint density at radius 1 is 1.07 bits per heavy atom. The number of amides is 3. The van der Waals surface area contributed by atoms with Gasteiger partial charge in [-0.1, -0.05) is 32.0 Å². The number of anilines is 2. The van der Waals surface area contributed by atoms with E-state index in [2.05, 4.69) is 26.0 Å². The molecule has 3 aromatic rings. The largest absolute Gasteiger partial charge is 0.326 e. The van der Waals surface area contributed by atoms with E-state index in [0.29, 0.717) is 11.4 Å². The number of pyridine rings is 1. The first-order valence-corrected chi connectivity index (χ1v) is 9.08. The number of benzene rings is 1. The van der Waals surface area contributed by atoms with Gasteiger partial charge in [-0.25, -0.2) is 9.78 Å². The predicted octanol–water partition coefficient (Wildman–Crippen LogP) is 3.06. The minimum absolute atomic E-state index is 0.0988. The Balaban J connectivity index is 1.70. The lowest BCUT2D eigenvalue weighted by molar-refractivity contribution is -0.118. The summed E-state index contributed by atoms with van der Waals surface area (Å²) in [6.45, 7) is 5.64. The van der Waals surface area contributed by atoms with Crippen LogP contribution in [0.4, 0.5) is 16.2 Å². The molecule has 0 aliphatic heterocycles. The molecule has 3 amide bonds. The van der Waals surface area contributed by atoms with E-state index in [1.54, 1.807) is 23.0 Å². The summed E-state index contributed by atoms with van der Waals surface area (Å²) in [7, 11) is 1.82. The smallest absolute Gasteiger partial charge is 0.319 e. The number of nitrogens with zero attached hydrogens (tertiary/aromatic N) is 3. The first kappa shape index (κ1) is 19.3. The SMILES string of the molecule is Cc1nn(C)c2ncc(NC(=O)C(NC(=O)Nc3ccccc3)C(C)C)cc12. The molecule has 0 radical (unpaired) electrons. The van der Waals surface area contributed by atoms with Gasteiger partial charge in [0.15, 0.2) is 5.65 Å². The van der Waals surface area contributed by atoms with E-state index >= 15 is 0 Å². The molecule has 3 rings (SSSR count). The summed E-state index contributed by atoms with van der Waals surface area (Å²) in [5.41, 5.74) is 2.80. The third kappa shape index (κ3) is 4.28. The number of aryl methyl sites for hydroxylation is 2. The van der Waals surface area contributed by atoms with E-state index in [1.165, 1.54) is 0 Å². The molecule has 8 nitrogen and oxygen atoms in total. The van der Waals surface area contributed by atoms with Gasteiger partial charge >= 0.3 is 6.03 Å². The third-order valence-electron chi connectivity index (χ3n) is 4.40. The Bertz CT molecular complexity index is 997. The van der Waals surface area contributed by atoms with E-state index in [4.69, 9.17) is 0 Å². The molecular formula is C20H24N6O2. The van der Waals surface area contributed by atoms with Crippen LogP contribution in [0.5, 0.6) is 0 Å². The minimum atomic E-state index is -0.700. The molecule has 0 saturated heterocycles. The van der Waals surface area contributed by atoms with E-state index < -0.39 is 12.1 Å². The summed E-state index contributed by atoms with van der Waals surface area (Å²) in [6.07, 6.45) is 1.59. The molecule has 0 spiro atoms. The highest BCUT2D eigenvalue weighted by Gasteiger charge is 2.24. The van der Waals surface area contributed by atoms with E-state index in [0.717, 1.165) is 16.7 Å². The molecule has 146 valence electrons. The normalized spacial score (nSPS) is 12.0. The average molecular weight is 380 g/mol. The molecule has 28 heavy (non-hydrogen) atoms. The number of rotatable bonds is 5. The zero-order valence-electron chi connectivity index (χ0n) is 16.4. The van der Waals surface area contributed by atoms with Crippen molar-refractivity contribution in [3.63, 3.8) is 0 Å². The number of hydrogen-bond donors (Lipinski definition) is 3. The van der Waals surface area contributed by atoms with Crippen molar-refractivity contribution in [3.05, 3.63) is 48.3 Å². The molecule has 0 aliphatic carbocycles. The summed E-state index contributed by atoms with van der Waals surface area (Å²) < 4.78 is 1.70. The van der Waals surface area contributed by atoms with Crippen LogP contribution >= 0.6 is 0 Å². The minimum Gasteiger partial charge on any atom is -0.326 e. The fraction of sp³-hybridized carbons (Fsp3) is 0.300. The van der Waals surface area contributed by atoms with Crippen molar-refractivity contribution in [2.24, 2.45) is 13.0 Å². The van der Waals surface area contributed by atoms with Gasteiger partial charge < -0.3 is 16.0 Å². The maximum atomic E-state index is 12.8. The second-order valence-corrected chi connectivity index (χ2v) is 6.98. The van der Waals surface area contributed by atoms with Crippen LogP contribution in [0.15, 0.2) is 42.6 Å². The van der Waals surface area contributed by atoms with E-state index in [1.807, 2.05) is 52.1 Å². The van der Waals surface area contributed by atoms with Gasteiger partial charge in [0, 0.05) is 18.1 Å². The lowest BCUT2D eigenvalue weighted by Gasteiger charge is -2.22. The van der Waals surface area contributed by atoms with Crippen molar-refractivity contribution in [2.45, 2.75) is 26.8 Å². The van der Waals surface area contributed by atoms with Crippen LogP contribution in [-0.4, -0.2) is 32.7 Å². The number of hydrogen-bond acceptors (Lipinski definition) is 4. The van der Waals surface area contributed by atoms with E-state index in [-0.39, 0.29) is 11.8 Å². The number of para-hydroxylation sites is 1. The Hall–Kier alpha value is -3.42. The Morgan fingerprint density at radius 3 is 2.46 bits per heavy atom. The van der Waals surface area contributed by atoms with Gasteiger partial charge in [-0.3, -0.25) is 9.48 Å². The van der Waals surface area contributed by atoms with E-state index in [9.17, 15) is 9.59 Å². The van der Waals surface area contributed by atoms with Gasteiger partial charge in [0.05, 0.1) is 17.6 Å². The van der Waals surface area contributed by atoms with Gasteiger partial charge in [-0.05, 0) is 31.0 Å². The van der Waals surface area contributed by atoms with Crippen LogP contribution in [0.2, 0.25) is 0 Å². The molecule has 3 N–H and O–H groups in total. The highest BCUT2D eigenvalue weighted by atomic mass is 16.2. The quantitative estimate of drug-likeness (QED) is 0.633. The zero-order chi connectivity index (χ0) is 20.3. The maximum absolute atomic E-state index is 12.8. The van der Waals surface area contributed by atoms with Crippen molar-refractivity contribution in [3.8, 4) is 0 Å². The summed E-state index contributed by atoms with van der Waals surface area (Å²) in [4.78, 5) is 29.4. The first-order chi connectivity index (χ1) is 13.3. The molecule has 8 heteroatoms. The second kappa shape index (κ2) is 8.08. The molecule has 1 unspecified atom stereocenters. The van der Waals surface area contributed by atoms with Crippen molar-refractivity contribution < 1.29 is 9.59 Å². The molecule has 0 aliphatic rings. The number of fused-ring (bicyclic) bond motifs is 1. The molecule has 0 fully saturated rings. The van der Waals surface area contributed by atoms with Gasteiger partial charge in [0.25, 0.3) is 0 Å². The summed E-state index contributed by atoms with van der Waals surface area (Å²) in [5.74, 6) is -0.403. The van der Waals surface area contributed by atoms with Crippen LogP contribution in [0, 0.1) is 12.8 Å². The summed E-state index contributed by atoms with van der Waals surface area (Å²) >= 11 is 0. The Morgan fingerprint density at radius 2 is 1.79 bits per heavy atom. The molecule has 0 bridgehead atoms. The lowest BCUT2D eigenvalue weighted by atomic mass is 10.0. The monoisotopic (exact) mass is 380 g/mol. The molecule has 1 aromatic carbocycles. The van der Waals surface area contributed by atoms with Gasteiger partial charge in [-0.15, -0.1) is 0 Å². The maximum Gasteiger partial charge on any atom is 0.319 e. The molecule has 1 atom stereocenters. The fourth-order valence-electron chi connectivity index (χ4n) is 2.96. The highest BCUT2D eigenvalue weighted by Crippen LogP contribution is 2.19. The van der Waals surface area contributed by atoms with Crippen LogP contribution in [0.1, 0.15) is 19.5 Å².